The van der Waals surface area contributed by atoms with Gasteiger partial charge in [-0.25, -0.2) is 4.39 Å². The second-order valence-corrected chi connectivity index (χ2v) is 5.00. The molecule has 0 aliphatic heterocycles. The van der Waals surface area contributed by atoms with Crippen molar-refractivity contribution in [3.05, 3.63) is 63.4 Å². The molecule has 0 aliphatic rings. The fourth-order valence-corrected chi connectivity index (χ4v) is 2.21. The number of rotatable bonds is 3. The largest absolute Gasteiger partial charge is 0.494 e. The zero-order chi connectivity index (χ0) is 14.9. The van der Waals surface area contributed by atoms with Crippen LogP contribution in [0.25, 0.3) is 0 Å². The molecule has 2 nitrogen and oxygen atoms in total. The molecule has 2 aromatic rings. The standard InChI is InChI=1S/C16H14ClFO2/c1-9-7-13(17)10(2)6-12(9)16(19)11-4-5-15(20-3)14(18)8-11/h4-8H,1-3H3. The summed E-state index contributed by atoms with van der Waals surface area (Å²) in [4.78, 5) is 12.4. The number of aryl methyl sites for hydroxylation is 2. The van der Waals surface area contributed by atoms with Gasteiger partial charge in [0, 0.05) is 16.1 Å². The van der Waals surface area contributed by atoms with Crippen LogP contribution in [0.2, 0.25) is 5.02 Å². The SMILES string of the molecule is COc1ccc(C(=O)c2cc(C)c(Cl)cc2C)cc1F. The maximum Gasteiger partial charge on any atom is 0.193 e. The van der Waals surface area contributed by atoms with Gasteiger partial charge < -0.3 is 4.74 Å². The lowest BCUT2D eigenvalue weighted by Crippen LogP contribution is -2.05. The van der Waals surface area contributed by atoms with Crippen LogP contribution in [0, 0.1) is 19.7 Å². The molecule has 0 N–H and O–H groups in total. The minimum Gasteiger partial charge on any atom is -0.494 e. The average molecular weight is 293 g/mol. The normalized spacial score (nSPS) is 10.4. The highest BCUT2D eigenvalue weighted by Gasteiger charge is 2.15. The van der Waals surface area contributed by atoms with Crippen molar-refractivity contribution in [3.8, 4) is 5.75 Å². The van der Waals surface area contributed by atoms with E-state index in [0.717, 1.165) is 11.1 Å². The Morgan fingerprint density at radius 3 is 2.45 bits per heavy atom. The lowest BCUT2D eigenvalue weighted by Gasteiger charge is -2.09. The van der Waals surface area contributed by atoms with Crippen LogP contribution in [0.3, 0.4) is 0 Å². The molecule has 0 fully saturated rings. The van der Waals surface area contributed by atoms with Crippen molar-refractivity contribution in [3.63, 3.8) is 0 Å². The van der Waals surface area contributed by atoms with Gasteiger partial charge in [-0.3, -0.25) is 4.79 Å². The van der Waals surface area contributed by atoms with Crippen LogP contribution in [0.15, 0.2) is 30.3 Å². The predicted molar refractivity (Wildman–Crippen MR) is 77.3 cm³/mol. The molecule has 20 heavy (non-hydrogen) atoms. The monoisotopic (exact) mass is 292 g/mol. The van der Waals surface area contributed by atoms with Gasteiger partial charge in [-0.15, -0.1) is 0 Å². The number of ketones is 1. The number of benzene rings is 2. The van der Waals surface area contributed by atoms with Crippen LogP contribution < -0.4 is 4.74 Å². The van der Waals surface area contributed by atoms with Crippen LogP contribution in [0.4, 0.5) is 4.39 Å². The van der Waals surface area contributed by atoms with E-state index < -0.39 is 5.82 Å². The van der Waals surface area contributed by atoms with Crippen LogP contribution in [0.5, 0.6) is 5.75 Å². The Morgan fingerprint density at radius 2 is 1.85 bits per heavy atom. The minimum absolute atomic E-state index is 0.116. The maximum absolute atomic E-state index is 13.7. The van der Waals surface area contributed by atoms with Gasteiger partial charge in [-0.2, -0.15) is 0 Å². The quantitative estimate of drug-likeness (QED) is 0.787. The third kappa shape index (κ3) is 2.68. The molecule has 104 valence electrons. The second kappa shape index (κ2) is 5.63. The Kier molecular flexibility index (Phi) is 4.09. The topological polar surface area (TPSA) is 26.3 Å². The molecule has 0 unspecified atom stereocenters. The highest BCUT2D eigenvalue weighted by molar-refractivity contribution is 6.31. The van der Waals surface area contributed by atoms with Crippen molar-refractivity contribution in [1.29, 1.82) is 0 Å². The number of hydrogen-bond donors (Lipinski definition) is 0. The zero-order valence-corrected chi connectivity index (χ0v) is 12.2. The van der Waals surface area contributed by atoms with Crippen molar-refractivity contribution in [1.82, 2.24) is 0 Å². The van der Waals surface area contributed by atoms with E-state index in [1.807, 2.05) is 6.92 Å². The molecule has 0 amide bonds. The van der Waals surface area contributed by atoms with E-state index in [2.05, 4.69) is 0 Å². The fraction of sp³-hybridized carbons (Fsp3) is 0.188. The minimum atomic E-state index is -0.554. The van der Waals surface area contributed by atoms with E-state index >= 15 is 0 Å². The first kappa shape index (κ1) is 14.5. The van der Waals surface area contributed by atoms with Crippen molar-refractivity contribution < 1.29 is 13.9 Å². The van der Waals surface area contributed by atoms with Crippen molar-refractivity contribution in [2.75, 3.05) is 7.11 Å². The molecule has 0 bridgehead atoms. The van der Waals surface area contributed by atoms with Gasteiger partial charge in [-0.05, 0) is 55.3 Å². The number of methoxy groups -OCH3 is 1. The Labute approximate surface area is 122 Å². The van der Waals surface area contributed by atoms with E-state index in [1.54, 1.807) is 25.1 Å². The number of halogens is 2. The van der Waals surface area contributed by atoms with E-state index in [1.165, 1.54) is 19.2 Å². The molecule has 0 radical (unpaired) electrons. The maximum atomic E-state index is 13.7. The van der Waals surface area contributed by atoms with E-state index in [0.29, 0.717) is 10.6 Å². The number of ether oxygens (including phenoxy) is 1. The van der Waals surface area contributed by atoms with Gasteiger partial charge in [0.05, 0.1) is 7.11 Å². The molecular weight excluding hydrogens is 279 g/mol. The van der Waals surface area contributed by atoms with Crippen LogP contribution in [0.1, 0.15) is 27.0 Å². The molecule has 2 rings (SSSR count). The smallest absolute Gasteiger partial charge is 0.193 e. The van der Waals surface area contributed by atoms with E-state index in [-0.39, 0.29) is 17.1 Å². The third-order valence-corrected chi connectivity index (χ3v) is 3.57. The summed E-state index contributed by atoms with van der Waals surface area (Å²) in [7, 11) is 1.38. The lowest BCUT2D eigenvalue weighted by molar-refractivity contribution is 0.103. The summed E-state index contributed by atoms with van der Waals surface area (Å²) >= 11 is 6.01. The summed E-state index contributed by atoms with van der Waals surface area (Å²) < 4.78 is 18.5. The van der Waals surface area contributed by atoms with Crippen molar-refractivity contribution >= 4 is 17.4 Å². The first-order chi connectivity index (χ1) is 9.43. The Bertz CT molecular complexity index is 680. The van der Waals surface area contributed by atoms with Crippen LogP contribution in [-0.4, -0.2) is 12.9 Å². The summed E-state index contributed by atoms with van der Waals surface area (Å²) in [5.41, 5.74) is 2.39. The molecule has 0 heterocycles. The van der Waals surface area contributed by atoms with Crippen molar-refractivity contribution in [2.24, 2.45) is 0 Å². The third-order valence-electron chi connectivity index (χ3n) is 3.16. The summed E-state index contributed by atoms with van der Waals surface area (Å²) in [5.74, 6) is -0.670. The van der Waals surface area contributed by atoms with Crippen molar-refractivity contribution in [2.45, 2.75) is 13.8 Å². The zero-order valence-electron chi connectivity index (χ0n) is 11.5. The molecule has 0 aromatic heterocycles. The van der Waals surface area contributed by atoms with E-state index in [9.17, 15) is 9.18 Å². The molecule has 0 aliphatic carbocycles. The Morgan fingerprint density at radius 1 is 1.15 bits per heavy atom. The lowest BCUT2D eigenvalue weighted by atomic mass is 9.97. The van der Waals surface area contributed by atoms with Gasteiger partial charge >= 0.3 is 0 Å². The summed E-state index contributed by atoms with van der Waals surface area (Å²) in [6.07, 6.45) is 0. The first-order valence-electron chi connectivity index (χ1n) is 6.09. The summed E-state index contributed by atoms with van der Waals surface area (Å²) in [6.45, 7) is 3.63. The molecule has 0 saturated carbocycles. The molecule has 2 aromatic carbocycles. The average Bonchev–Trinajstić information content (AvgIpc) is 2.42. The van der Waals surface area contributed by atoms with Gasteiger partial charge in [-0.1, -0.05) is 11.6 Å². The highest BCUT2D eigenvalue weighted by atomic mass is 35.5. The Balaban J connectivity index is 2.46. The summed E-state index contributed by atoms with van der Waals surface area (Å²) in [5, 5.41) is 0.611. The number of hydrogen-bond acceptors (Lipinski definition) is 2. The molecular formula is C16H14ClFO2. The fourth-order valence-electron chi connectivity index (χ4n) is 1.99. The Hall–Kier alpha value is -1.87. The van der Waals surface area contributed by atoms with Gasteiger partial charge in [0.2, 0.25) is 0 Å². The molecule has 0 atom stereocenters. The number of carbonyl (C=O) groups excluding carboxylic acids is 1. The summed E-state index contributed by atoms with van der Waals surface area (Å²) in [6, 6.07) is 7.64. The predicted octanol–water partition coefficient (Wildman–Crippen LogP) is 4.34. The molecule has 0 saturated heterocycles. The number of carbonyl (C=O) groups is 1. The highest BCUT2D eigenvalue weighted by Crippen LogP contribution is 2.24. The molecule has 0 spiro atoms. The van der Waals surface area contributed by atoms with Crippen LogP contribution >= 0.6 is 11.6 Å². The first-order valence-corrected chi connectivity index (χ1v) is 6.47. The second-order valence-electron chi connectivity index (χ2n) is 4.59. The van der Waals surface area contributed by atoms with Gasteiger partial charge in [0.1, 0.15) is 0 Å². The molecule has 4 heteroatoms. The van der Waals surface area contributed by atoms with Crippen LogP contribution in [-0.2, 0) is 0 Å². The van der Waals surface area contributed by atoms with Gasteiger partial charge in [0.15, 0.2) is 17.3 Å². The van der Waals surface area contributed by atoms with E-state index in [4.69, 9.17) is 16.3 Å². The van der Waals surface area contributed by atoms with Gasteiger partial charge in [0.25, 0.3) is 0 Å².